The summed E-state index contributed by atoms with van der Waals surface area (Å²) in [5, 5.41) is 0. The molecule has 0 bridgehead atoms. The Kier molecular flexibility index (Phi) is 4.99. The molecule has 0 spiro atoms. The number of benzene rings is 2. The Morgan fingerprint density at radius 3 is 2.50 bits per heavy atom. The van der Waals surface area contributed by atoms with Crippen molar-refractivity contribution in [3.63, 3.8) is 0 Å². The Balaban J connectivity index is 1.69. The number of methoxy groups -OCH3 is 1. The molecule has 134 valence electrons. The van der Waals surface area contributed by atoms with Crippen LogP contribution in [0.3, 0.4) is 0 Å². The number of carbonyl (C=O) groups excluding carboxylic acids is 3. The molecular weight excluding hydrogens is 334 g/mol. The number of para-hydroxylation sites is 2. The zero-order valence-electron chi connectivity index (χ0n) is 14.5. The van der Waals surface area contributed by atoms with Crippen LogP contribution >= 0.6 is 0 Å². The van der Waals surface area contributed by atoms with Gasteiger partial charge in [-0.25, -0.2) is 10.3 Å². The fraction of sp³-hybridized carbons (Fsp3) is 0.211. The van der Waals surface area contributed by atoms with Gasteiger partial charge >= 0.3 is 0 Å². The molecule has 0 unspecified atom stereocenters. The average molecular weight is 353 g/mol. The molecular formula is C19H19N3O4. The van der Waals surface area contributed by atoms with E-state index < -0.39 is 11.9 Å². The summed E-state index contributed by atoms with van der Waals surface area (Å²) in [5.41, 5.74) is 7.04. The van der Waals surface area contributed by atoms with E-state index in [-0.39, 0.29) is 18.2 Å². The van der Waals surface area contributed by atoms with Gasteiger partial charge in [0.1, 0.15) is 11.8 Å². The van der Waals surface area contributed by atoms with Gasteiger partial charge in [0.15, 0.2) is 0 Å². The summed E-state index contributed by atoms with van der Waals surface area (Å²) in [4.78, 5) is 38.2. The van der Waals surface area contributed by atoms with E-state index in [0.717, 1.165) is 10.5 Å². The molecule has 3 rings (SSSR count). The lowest BCUT2D eigenvalue weighted by molar-refractivity contribution is -0.121. The van der Waals surface area contributed by atoms with E-state index in [2.05, 4.69) is 10.9 Å². The number of aryl methyl sites for hydroxylation is 1. The Labute approximate surface area is 150 Å². The first-order valence-electron chi connectivity index (χ1n) is 8.13. The zero-order chi connectivity index (χ0) is 18.7. The number of ether oxygens (including phenoxy) is 1. The molecule has 3 amide bonds. The van der Waals surface area contributed by atoms with Crippen LogP contribution in [0.5, 0.6) is 5.75 Å². The highest BCUT2D eigenvalue weighted by Crippen LogP contribution is 2.31. The second-order valence-corrected chi connectivity index (χ2v) is 5.96. The van der Waals surface area contributed by atoms with Crippen molar-refractivity contribution in [1.82, 2.24) is 10.9 Å². The van der Waals surface area contributed by atoms with Crippen LogP contribution in [0.1, 0.15) is 22.3 Å². The molecule has 1 fully saturated rings. The van der Waals surface area contributed by atoms with Crippen molar-refractivity contribution in [2.24, 2.45) is 0 Å². The van der Waals surface area contributed by atoms with Crippen molar-refractivity contribution in [3.05, 3.63) is 59.7 Å². The summed E-state index contributed by atoms with van der Waals surface area (Å²) in [6.07, 6.45) is -0.0505. The lowest BCUT2D eigenvalue weighted by Crippen LogP contribution is -2.48. The largest absolute Gasteiger partial charge is 0.495 e. The molecule has 1 heterocycles. The first kappa shape index (κ1) is 17.6. The Morgan fingerprint density at radius 2 is 1.81 bits per heavy atom. The molecule has 0 radical (unpaired) electrons. The molecule has 2 N–H and O–H groups in total. The van der Waals surface area contributed by atoms with Gasteiger partial charge in [-0.15, -0.1) is 0 Å². The van der Waals surface area contributed by atoms with Gasteiger partial charge in [0.25, 0.3) is 11.8 Å². The maximum absolute atomic E-state index is 12.6. The highest BCUT2D eigenvalue weighted by atomic mass is 16.5. The topological polar surface area (TPSA) is 87.7 Å². The third-order valence-electron chi connectivity index (χ3n) is 4.15. The summed E-state index contributed by atoms with van der Waals surface area (Å²) in [6, 6.07) is 13.0. The molecule has 2 aromatic rings. The minimum Gasteiger partial charge on any atom is -0.495 e. The van der Waals surface area contributed by atoms with E-state index in [1.165, 1.54) is 7.11 Å². The van der Waals surface area contributed by atoms with Crippen LogP contribution in [-0.2, 0) is 9.59 Å². The standard InChI is InChI=1S/C19H19N3O4/c1-12-7-9-13(10-8-12)18(24)21-20-14-11-17(23)22(19(14)25)15-5-3-4-6-16(15)26-2/h3-10,14,20H,11H2,1-2H3,(H,21,24)/t14-/m0/s1. The van der Waals surface area contributed by atoms with Gasteiger partial charge in [-0.1, -0.05) is 29.8 Å². The number of hydrogen-bond acceptors (Lipinski definition) is 5. The molecule has 2 aromatic carbocycles. The van der Waals surface area contributed by atoms with Gasteiger partial charge in [0.2, 0.25) is 5.91 Å². The van der Waals surface area contributed by atoms with E-state index in [1.807, 2.05) is 19.1 Å². The zero-order valence-corrected chi connectivity index (χ0v) is 14.5. The maximum atomic E-state index is 12.6. The van der Waals surface area contributed by atoms with E-state index in [1.54, 1.807) is 36.4 Å². The molecule has 0 aromatic heterocycles. The second kappa shape index (κ2) is 7.37. The second-order valence-electron chi connectivity index (χ2n) is 5.96. The number of anilines is 1. The molecule has 1 atom stereocenters. The summed E-state index contributed by atoms with van der Waals surface area (Å²) >= 11 is 0. The van der Waals surface area contributed by atoms with Crippen LogP contribution in [0.15, 0.2) is 48.5 Å². The third-order valence-corrected chi connectivity index (χ3v) is 4.15. The number of carbonyl (C=O) groups is 3. The van der Waals surface area contributed by atoms with Crippen LogP contribution in [0.2, 0.25) is 0 Å². The number of amides is 3. The fourth-order valence-corrected chi connectivity index (χ4v) is 2.74. The fourth-order valence-electron chi connectivity index (χ4n) is 2.74. The quantitative estimate of drug-likeness (QED) is 0.629. The van der Waals surface area contributed by atoms with Crippen LogP contribution in [0, 0.1) is 6.92 Å². The Morgan fingerprint density at radius 1 is 1.12 bits per heavy atom. The van der Waals surface area contributed by atoms with Gasteiger partial charge in [-0.05, 0) is 31.2 Å². The predicted molar refractivity (Wildman–Crippen MR) is 95.7 cm³/mol. The summed E-state index contributed by atoms with van der Waals surface area (Å²) in [6.45, 7) is 1.93. The van der Waals surface area contributed by atoms with E-state index >= 15 is 0 Å². The van der Waals surface area contributed by atoms with E-state index in [0.29, 0.717) is 17.0 Å². The normalized spacial score (nSPS) is 16.7. The van der Waals surface area contributed by atoms with Gasteiger partial charge in [0.05, 0.1) is 19.2 Å². The summed E-state index contributed by atoms with van der Waals surface area (Å²) in [5.74, 6) is -0.746. The summed E-state index contributed by atoms with van der Waals surface area (Å²) in [7, 11) is 1.47. The van der Waals surface area contributed by atoms with Crippen LogP contribution in [0.4, 0.5) is 5.69 Å². The molecule has 0 aliphatic carbocycles. The van der Waals surface area contributed by atoms with Gasteiger partial charge in [-0.2, -0.15) is 0 Å². The Bertz CT molecular complexity index is 848. The van der Waals surface area contributed by atoms with Crippen molar-refractivity contribution in [2.75, 3.05) is 12.0 Å². The number of rotatable bonds is 5. The van der Waals surface area contributed by atoms with Crippen molar-refractivity contribution in [2.45, 2.75) is 19.4 Å². The van der Waals surface area contributed by atoms with Crippen LogP contribution in [-0.4, -0.2) is 30.9 Å². The minimum absolute atomic E-state index is 0.0505. The number of nitrogens with zero attached hydrogens (tertiary/aromatic N) is 1. The van der Waals surface area contributed by atoms with E-state index in [4.69, 9.17) is 4.74 Å². The molecule has 7 nitrogen and oxygen atoms in total. The first-order valence-corrected chi connectivity index (χ1v) is 8.13. The van der Waals surface area contributed by atoms with Gasteiger partial charge in [-0.3, -0.25) is 19.8 Å². The van der Waals surface area contributed by atoms with Gasteiger partial charge in [0, 0.05) is 5.56 Å². The monoisotopic (exact) mass is 353 g/mol. The predicted octanol–water partition coefficient (Wildman–Crippen LogP) is 1.57. The number of nitrogens with one attached hydrogen (secondary N) is 2. The van der Waals surface area contributed by atoms with Crippen molar-refractivity contribution < 1.29 is 19.1 Å². The minimum atomic E-state index is -0.832. The van der Waals surface area contributed by atoms with E-state index in [9.17, 15) is 14.4 Å². The maximum Gasteiger partial charge on any atom is 0.265 e. The smallest absolute Gasteiger partial charge is 0.265 e. The lowest BCUT2D eigenvalue weighted by Gasteiger charge is -2.18. The Hall–Kier alpha value is -3.19. The van der Waals surface area contributed by atoms with Gasteiger partial charge < -0.3 is 4.74 Å². The molecule has 7 heteroatoms. The number of hydrazine groups is 1. The molecule has 26 heavy (non-hydrogen) atoms. The highest BCUT2D eigenvalue weighted by molar-refractivity contribution is 6.23. The number of imide groups is 1. The van der Waals surface area contributed by atoms with Crippen LogP contribution < -0.4 is 20.5 Å². The average Bonchev–Trinajstić information content (AvgIpc) is 2.93. The third kappa shape index (κ3) is 3.43. The SMILES string of the molecule is COc1ccccc1N1C(=O)C[C@H](NNC(=O)c2ccc(C)cc2)C1=O. The van der Waals surface area contributed by atoms with Crippen molar-refractivity contribution in [1.29, 1.82) is 0 Å². The summed E-state index contributed by atoms with van der Waals surface area (Å²) < 4.78 is 5.22. The lowest BCUT2D eigenvalue weighted by atomic mass is 10.1. The first-order chi connectivity index (χ1) is 12.5. The molecule has 0 saturated carbocycles. The van der Waals surface area contributed by atoms with Crippen LogP contribution in [0.25, 0.3) is 0 Å². The van der Waals surface area contributed by atoms with Crippen molar-refractivity contribution >= 4 is 23.4 Å². The van der Waals surface area contributed by atoms with Crippen molar-refractivity contribution in [3.8, 4) is 5.75 Å². The highest BCUT2D eigenvalue weighted by Gasteiger charge is 2.40. The molecule has 1 aliphatic rings. The number of hydrogen-bond donors (Lipinski definition) is 2. The molecule has 1 saturated heterocycles. The molecule has 1 aliphatic heterocycles.